The average molecular weight is 263 g/mol. The first-order chi connectivity index (χ1) is 9.11. The van der Waals surface area contributed by atoms with Gasteiger partial charge in [0.25, 0.3) is 0 Å². The maximum absolute atomic E-state index is 4.37. The zero-order chi connectivity index (χ0) is 13.7. The van der Waals surface area contributed by atoms with Crippen molar-refractivity contribution in [3.05, 3.63) is 18.2 Å². The number of hydrogen-bond donors (Lipinski definition) is 1. The van der Waals surface area contributed by atoms with Crippen LogP contribution in [0.4, 0.5) is 0 Å². The predicted molar refractivity (Wildman–Crippen MR) is 80.1 cm³/mol. The van der Waals surface area contributed by atoms with Crippen LogP contribution in [0.15, 0.2) is 12.4 Å². The van der Waals surface area contributed by atoms with Gasteiger partial charge >= 0.3 is 0 Å². The van der Waals surface area contributed by atoms with Crippen molar-refractivity contribution in [2.24, 2.45) is 18.4 Å². The van der Waals surface area contributed by atoms with Crippen molar-refractivity contribution in [1.29, 1.82) is 0 Å². The molecule has 3 heteroatoms. The molecule has 1 aliphatic carbocycles. The zero-order valence-electron chi connectivity index (χ0n) is 12.8. The molecule has 0 radical (unpaired) electrons. The molecule has 1 aliphatic rings. The number of aromatic nitrogens is 2. The van der Waals surface area contributed by atoms with Crippen LogP contribution in [0.5, 0.6) is 0 Å². The molecule has 0 aliphatic heterocycles. The Balaban J connectivity index is 1.75. The van der Waals surface area contributed by atoms with Gasteiger partial charge in [0.2, 0.25) is 0 Å². The van der Waals surface area contributed by atoms with E-state index < -0.39 is 0 Å². The van der Waals surface area contributed by atoms with E-state index in [1.807, 2.05) is 12.4 Å². The Bertz CT molecular complexity index is 375. The monoisotopic (exact) mass is 263 g/mol. The summed E-state index contributed by atoms with van der Waals surface area (Å²) < 4.78 is 2.11. The Kier molecular flexibility index (Phi) is 5.03. The van der Waals surface area contributed by atoms with Crippen molar-refractivity contribution in [3.8, 4) is 0 Å². The third-order valence-corrected chi connectivity index (χ3v) is 4.45. The lowest BCUT2D eigenvalue weighted by Gasteiger charge is -2.31. The third kappa shape index (κ3) is 4.07. The molecule has 3 nitrogen and oxygen atoms in total. The largest absolute Gasteiger partial charge is 0.338 e. The number of aryl methyl sites for hydroxylation is 1. The van der Waals surface area contributed by atoms with Gasteiger partial charge in [0.1, 0.15) is 5.82 Å². The van der Waals surface area contributed by atoms with Crippen molar-refractivity contribution < 1.29 is 0 Å². The molecule has 108 valence electrons. The molecule has 0 spiro atoms. The van der Waals surface area contributed by atoms with Crippen LogP contribution in [-0.2, 0) is 13.5 Å². The topological polar surface area (TPSA) is 29.9 Å². The van der Waals surface area contributed by atoms with Gasteiger partial charge in [-0.15, -0.1) is 0 Å². The number of nitrogens with one attached hydrogen (secondary N) is 1. The van der Waals surface area contributed by atoms with Crippen LogP contribution >= 0.6 is 0 Å². The van der Waals surface area contributed by atoms with E-state index >= 15 is 0 Å². The summed E-state index contributed by atoms with van der Waals surface area (Å²) in [4.78, 5) is 4.37. The highest BCUT2D eigenvalue weighted by Crippen LogP contribution is 2.42. The predicted octanol–water partition coefficient (Wildman–Crippen LogP) is 3.16. The van der Waals surface area contributed by atoms with Crippen LogP contribution in [0.2, 0.25) is 0 Å². The van der Waals surface area contributed by atoms with Gasteiger partial charge in [0, 0.05) is 39.0 Å². The Hall–Kier alpha value is -0.830. The summed E-state index contributed by atoms with van der Waals surface area (Å²) in [6.07, 6.45) is 12.0. The molecule has 2 rings (SSSR count). The summed E-state index contributed by atoms with van der Waals surface area (Å²) in [6, 6.07) is 0. The summed E-state index contributed by atoms with van der Waals surface area (Å²) >= 11 is 0. The minimum absolute atomic E-state index is 0.579. The van der Waals surface area contributed by atoms with Crippen molar-refractivity contribution in [1.82, 2.24) is 14.9 Å². The molecular weight excluding hydrogens is 234 g/mol. The van der Waals surface area contributed by atoms with E-state index in [1.165, 1.54) is 44.5 Å². The molecule has 0 saturated heterocycles. The highest BCUT2D eigenvalue weighted by molar-refractivity contribution is 4.92. The van der Waals surface area contributed by atoms with Crippen LogP contribution in [0.25, 0.3) is 0 Å². The summed E-state index contributed by atoms with van der Waals surface area (Å²) in [5.41, 5.74) is 0.579. The van der Waals surface area contributed by atoms with Gasteiger partial charge in [-0.25, -0.2) is 4.98 Å². The van der Waals surface area contributed by atoms with Gasteiger partial charge in [-0.05, 0) is 30.6 Å². The first-order valence-corrected chi connectivity index (χ1v) is 7.78. The lowest BCUT2D eigenvalue weighted by Crippen LogP contribution is -2.34. The highest BCUT2D eigenvalue weighted by atomic mass is 15.0. The van der Waals surface area contributed by atoms with Gasteiger partial charge in [-0.2, -0.15) is 0 Å². The van der Waals surface area contributed by atoms with Gasteiger partial charge in [-0.1, -0.05) is 26.7 Å². The van der Waals surface area contributed by atoms with Crippen LogP contribution in [0, 0.1) is 11.3 Å². The average Bonchev–Trinajstić information content (AvgIpc) is 2.95. The molecule has 0 amide bonds. The Morgan fingerprint density at radius 1 is 1.37 bits per heavy atom. The van der Waals surface area contributed by atoms with Crippen molar-refractivity contribution in [2.45, 2.75) is 52.4 Å². The quantitative estimate of drug-likeness (QED) is 0.766. The maximum atomic E-state index is 4.37. The Morgan fingerprint density at radius 3 is 2.68 bits per heavy atom. The van der Waals surface area contributed by atoms with Crippen LogP contribution in [0.1, 0.15) is 51.8 Å². The molecule has 1 aromatic heterocycles. The van der Waals surface area contributed by atoms with Crippen LogP contribution < -0.4 is 5.32 Å². The van der Waals surface area contributed by atoms with Gasteiger partial charge in [-0.3, -0.25) is 0 Å². The standard InChI is InChI=1S/C16H29N3/c1-14(2)12-16(7-4-5-8-16)13-17-9-6-15-18-10-11-19(15)3/h10-11,14,17H,4-9,12-13H2,1-3H3. The molecule has 0 bridgehead atoms. The minimum atomic E-state index is 0.579. The molecule has 19 heavy (non-hydrogen) atoms. The molecule has 0 atom stereocenters. The molecule has 1 N–H and O–H groups in total. The molecule has 1 fully saturated rings. The van der Waals surface area contributed by atoms with E-state index in [2.05, 4.69) is 35.8 Å². The number of nitrogens with zero attached hydrogens (tertiary/aromatic N) is 2. The molecular formula is C16H29N3. The third-order valence-electron chi connectivity index (χ3n) is 4.45. The van der Waals surface area contributed by atoms with Crippen molar-refractivity contribution in [2.75, 3.05) is 13.1 Å². The summed E-state index contributed by atoms with van der Waals surface area (Å²) in [7, 11) is 2.07. The summed E-state index contributed by atoms with van der Waals surface area (Å²) in [5.74, 6) is 1.99. The lowest BCUT2D eigenvalue weighted by molar-refractivity contribution is 0.224. The first kappa shape index (κ1) is 14.6. The second kappa shape index (κ2) is 6.56. The van der Waals surface area contributed by atoms with E-state index in [9.17, 15) is 0 Å². The second-order valence-corrected chi connectivity index (χ2v) is 6.69. The maximum Gasteiger partial charge on any atom is 0.109 e. The van der Waals surface area contributed by atoms with E-state index in [0.717, 1.165) is 18.9 Å². The van der Waals surface area contributed by atoms with Crippen molar-refractivity contribution >= 4 is 0 Å². The molecule has 1 heterocycles. The van der Waals surface area contributed by atoms with Crippen molar-refractivity contribution in [3.63, 3.8) is 0 Å². The minimum Gasteiger partial charge on any atom is -0.338 e. The molecule has 0 aromatic carbocycles. The van der Waals surface area contributed by atoms with Gasteiger partial charge < -0.3 is 9.88 Å². The number of imidazole rings is 1. The Morgan fingerprint density at radius 2 is 2.11 bits per heavy atom. The summed E-state index contributed by atoms with van der Waals surface area (Å²) in [6.45, 7) is 6.95. The van der Waals surface area contributed by atoms with E-state index in [1.54, 1.807) is 0 Å². The highest BCUT2D eigenvalue weighted by Gasteiger charge is 2.33. The first-order valence-electron chi connectivity index (χ1n) is 7.78. The van der Waals surface area contributed by atoms with Gasteiger partial charge in [0.05, 0.1) is 0 Å². The van der Waals surface area contributed by atoms with E-state index in [4.69, 9.17) is 0 Å². The number of hydrogen-bond acceptors (Lipinski definition) is 2. The fourth-order valence-electron chi connectivity index (χ4n) is 3.64. The fraction of sp³-hybridized carbons (Fsp3) is 0.812. The van der Waals surface area contributed by atoms with Crippen LogP contribution in [-0.4, -0.2) is 22.6 Å². The van der Waals surface area contributed by atoms with Gasteiger partial charge in [0.15, 0.2) is 0 Å². The Labute approximate surface area is 117 Å². The van der Waals surface area contributed by atoms with E-state index in [-0.39, 0.29) is 0 Å². The normalized spacial score (nSPS) is 18.3. The smallest absolute Gasteiger partial charge is 0.109 e. The fourth-order valence-corrected chi connectivity index (χ4v) is 3.64. The number of rotatable bonds is 7. The SMILES string of the molecule is CC(C)CC1(CNCCc2nccn2C)CCCC1. The zero-order valence-corrected chi connectivity index (χ0v) is 12.8. The molecule has 1 aromatic rings. The molecule has 0 unspecified atom stereocenters. The molecule has 1 saturated carbocycles. The van der Waals surface area contributed by atoms with Crippen LogP contribution in [0.3, 0.4) is 0 Å². The lowest BCUT2D eigenvalue weighted by atomic mass is 9.78. The van der Waals surface area contributed by atoms with E-state index in [0.29, 0.717) is 5.41 Å². The second-order valence-electron chi connectivity index (χ2n) is 6.69. The summed E-state index contributed by atoms with van der Waals surface area (Å²) in [5, 5.41) is 3.69.